The Morgan fingerprint density at radius 2 is 1.53 bits per heavy atom. The number of amides is 3. The maximum atomic E-state index is 13.5. The number of unbranched alkanes of at least 4 members (excludes halogenated alkanes) is 3. The van der Waals surface area contributed by atoms with Gasteiger partial charge in [-0.1, -0.05) is 55.5 Å². The van der Waals surface area contributed by atoms with E-state index in [0.29, 0.717) is 6.54 Å². The molecule has 0 heterocycles. The highest BCUT2D eigenvalue weighted by molar-refractivity contribution is 5.90. The lowest BCUT2D eigenvalue weighted by molar-refractivity contribution is -0.141. The number of nitrogens with zero attached hydrogens (tertiary/aromatic N) is 1. The zero-order valence-electron chi connectivity index (χ0n) is 22.6. The Morgan fingerprint density at radius 3 is 2.03 bits per heavy atom. The number of alkyl carbamates (subject to hydrolysis) is 1. The van der Waals surface area contributed by atoms with Crippen LogP contribution in [0, 0.1) is 13.8 Å². The van der Waals surface area contributed by atoms with Gasteiger partial charge < -0.3 is 20.3 Å². The molecule has 1 aromatic carbocycles. The third kappa shape index (κ3) is 11.0. The third-order valence-electron chi connectivity index (χ3n) is 4.97. The van der Waals surface area contributed by atoms with Crippen LogP contribution in [0.4, 0.5) is 4.79 Å². The molecule has 0 spiro atoms. The van der Waals surface area contributed by atoms with Gasteiger partial charge >= 0.3 is 6.09 Å². The van der Waals surface area contributed by atoms with Crippen molar-refractivity contribution in [1.29, 1.82) is 0 Å². The van der Waals surface area contributed by atoms with Gasteiger partial charge in [-0.05, 0) is 67.4 Å². The fourth-order valence-corrected chi connectivity index (χ4v) is 3.75. The smallest absolute Gasteiger partial charge is 0.408 e. The van der Waals surface area contributed by atoms with Crippen LogP contribution in [0.25, 0.3) is 0 Å². The van der Waals surface area contributed by atoms with Gasteiger partial charge in [0, 0.05) is 12.1 Å². The fraction of sp³-hybridized carbons (Fsp3) is 0.667. The maximum Gasteiger partial charge on any atom is 0.408 e. The Labute approximate surface area is 206 Å². The van der Waals surface area contributed by atoms with Crippen molar-refractivity contribution in [2.45, 2.75) is 105 Å². The molecule has 7 nitrogen and oxygen atoms in total. The highest BCUT2D eigenvalue weighted by Crippen LogP contribution is 2.26. The van der Waals surface area contributed by atoms with Gasteiger partial charge in [-0.25, -0.2) is 4.79 Å². The van der Waals surface area contributed by atoms with Crippen LogP contribution in [0.3, 0.4) is 0 Å². The van der Waals surface area contributed by atoms with Gasteiger partial charge in [0.25, 0.3) is 0 Å². The molecular weight excluding hydrogens is 430 g/mol. The van der Waals surface area contributed by atoms with Gasteiger partial charge in [0.1, 0.15) is 18.2 Å². The van der Waals surface area contributed by atoms with E-state index in [2.05, 4.69) is 17.6 Å². The minimum Gasteiger partial charge on any atom is -0.444 e. The Kier molecular flexibility index (Phi) is 11.1. The minimum atomic E-state index is -0.799. The molecule has 0 saturated carbocycles. The van der Waals surface area contributed by atoms with Crippen LogP contribution in [0.2, 0.25) is 0 Å². The second-order valence-corrected chi connectivity index (χ2v) is 11.1. The normalized spacial score (nSPS) is 12.6. The van der Waals surface area contributed by atoms with E-state index in [1.54, 1.807) is 25.7 Å². The van der Waals surface area contributed by atoms with Gasteiger partial charge in [-0.3, -0.25) is 9.59 Å². The van der Waals surface area contributed by atoms with Gasteiger partial charge in [0.15, 0.2) is 0 Å². The summed E-state index contributed by atoms with van der Waals surface area (Å²) in [4.78, 5) is 40.7. The predicted molar refractivity (Wildman–Crippen MR) is 137 cm³/mol. The topological polar surface area (TPSA) is 87.7 Å². The molecule has 7 heteroatoms. The molecule has 0 radical (unpaired) electrons. The Bertz CT molecular complexity index is 817. The summed E-state index contributed by atoms with van der Waals surface area (Å²) in [6.07, 6.45) is 3.20. The zero-order valence-corrected chi connectivity index (χ0v) is 22.6. The van der Waals surface area contributed by atoms with E-state index in [1.807, 2.05) is 52.8 Å². The molecule has 0 aromatic heterocycles. The number of carbonyl (C=O) groups excluding carboxylic acids is 3. The summed E-state index contributed by atoms with van der Waals surface area (Å²) in [5.41, 5.74) is 1.68. The standard InChI is InChI=1S/C27H45N3O4/c1-10-11-12-13-14-30(22(31)18-28-25(33)34-27(7,8)9)23(24(32)29-26(4,5)6)21-16-19(2)15-20(3)17-21/h15-17,23H,10-14,18H2,1-9H3,(H,28,33)(H,29,32). The van der Waals surface area contributed by atoms with Crippen LogP contribution in [0.5, 0.6) is 0 Å². The Hall–Kier alpha value is -2.57. The van der Waals surface area contributed by atoms with Crippen LogP contribution in [0.1, 0.15) is 96.9 Å². The van der Waals surface area contributed by atoms with Crippen molar-refractivity contribution < 1.29 is 19.1 Å². The van der Waals surface area contributed by atoms with Crippen LogP contribution >= 0.6 is 0 Å². The molecule has 0 saturated heterocycles. The van der Waals surface area contributed by atoms with Crippen LogP contribution in [0.15, 0.2) is 18.2 Å². The van der Waals surface area contributed by atoms with E-state index in [-0.39, 0.29) is 18.4 Å². The summed E-state index contributed by atoms with van der Waals surface area (Å²) in [6.45, 7) is 17.3. The number of ether oxygens (including phenoxy) is 1. The first-order valence-corrected chi connectivity index (χ1v) is 12.3. The summed E-state index contributed by atoms with van der Waals surface area (Å²) in [5.74, 6) is -0.561. The average molecular weight is 476 g/mol. The van der Waals surface area contributed by atoms with Crippen molar-refractivity contribution in [1.82, 2.24) is 15.5 Å². The molecule has 0 aliphatic rings. The first kappa shape index (κ1) is 29.5. The van der Waals surface area contributed by atoms with Crippen molar-refractivity contribution >= 4 is 17.9 Å². The molecule has 0 fully saturated rings. The molecule has 1 atom stereocenters. The molecule has 1 rings (SSSR count). The summed E-state index contributed by atoms with van der Waals surface area (Å²) >= 11 is 0. The molecule has 1 unspecified atom stereocenters. The summed E-state index contributed by atoms with van der Waals surface area (Å²) in [5, 5.41) is 5.60. The van der Waals surface area contributed by atoms with E-state index in [9.17, 15) is 14.4 Å². The Morgan fingerprint density at radius 1 is 0.941 bits per heavy atom. The zero-order chi connectivity index (χ0) is 26.1. The maximum absolute atomic E-state index is 13.5. The lowest BCUT2D eigenvalue weighted by Crippen LogP contribution is -2.51. The van der Waals surface area contributed by atoms with Gasteiger partial charge in [0.2, 0.25) is 11.8 Å². The largest absolute Gasteiger partial charge is 0.444 e. The van der Waals surface area contributed by atoms with Crippen molar-refractivity contribution in [3.05, 3.63) is 34.9 Å². The quantitative estimate of drug-likeness (QED) is 0.456. The van der Waals surface area contributed by atoms with Crippen molar-refractivity contribution in [3.8, 4) is 0 Å². The molecule has 34 heavy (non-hydrogen) atoms. The lowest BCUT2D eigenvalue weighted by Gasteiger charge is -2.34. The van der Waals surface area contributed by atoms with Crippen LogP contribution in [-0.2, 0) is 14.3 Å². The van der Waals surface area contributed by atoms with E-state index in [1.165, 1.54) is 0 Å². The average Bonchev–Trinajstić information content (AvgIpc) is 2.64. The molecule has 192 valence electrons. The van der Waals surface area contributed by atoms with Gasteiger partial charge in [-0.2, -0.15) is 0 Å². The highest BCUT2D eigenvalue weighted by Gasteiger charge is 2.33. The second-order valence-electron chi connectivity index (χ2n) is 11.1. The van der Waals surface area contributed by atoms with Crippen molar-refractivity contribution in [2.24, 2.45) is 0 Å². The number of nitrogens with one attached hydrogen (secondary N) is 2. The van der Waals surface area contributed by atoms with E-state index in [0.717, 1.165) is 42.4 Å². The molecule has 0 aliphatic carbocycles. The lowest BCUT2D eigenvalue weighted by atomic mass is 9.97. The fourth-order valence-electron chi connectivity index (χ4n) is 3.75. The predicted octanol–water partition coefficient (Wildman–Crippen LogP) is 5.19. The van der Waals surface area contributed by atoms with E-state index < -0.39 is 23.3 Å². The van der Waals surface area contributed by atoms with E-state index >= 15 is 0 Å². The minimum absolute atomic E-state index is 0.237. The summed E-state index contributed by atoms with van der Waals surface area (Å²) < 4.78 is 5.27. The molecular formula is C27H45N3O4. The first-order valence-electron chi connectivity index (χ1n) is 12.3. The monoisotopic (exact) mass is 475 g/mol. The first-order chi connectivity index (χ1) is 15.6. The Balaban J connectivity index is 3.30. The highest BCUT2D eigenvalue weighted by atomic mass is 16.6. The third-order valence-corrected chi connectivity index (χ3v) is 4.97. The summed E-state index contributed by atoms with van der Waals surface area (Å²) in [7, 11) is 0. The second kappa shape index (κ2) is 12.8. The van der Waals surface area contributed by atoms with Gasteiger partial charge in [-0.15, -0.1) is 0 Å². The molecule has 3 amide bonds. The van der Waals surface area contributed by atoms with E-state index in [4.69, 9.17) is 4.74 Å². The molecule has 1 aromatic rings. The van der Waals surface area contributed by atoms with Crippen LogP contribution < -0.4 is 10.6 Å². The molecule has 2 N–H and O–H groups in total. The number of carbonyl (C=O) groups is 3. The molecule has 0 aliphatic heterocycles. The number of rotatable bonds is 10. The SMILES string of the molecule is CCCCCCN(C(=O)CNC(=O)OC(C)(C)C)C(C(=O)NC(C)(C)C)c1cc(C)cc(C)c1. The van der Waals surface area contributed by atoms with Crippen molar-refractivity contribution in [2.75, 3.05) is 13.1 Å². The number of benzene rings is 1. The van der Waals surface area contributed by atoms with Crippen molar-refractivity contribution in [3.63, 3.8) is 0 Å². The van der Waals surface area contributed by atoms with Gasteiger partial charge in [0.05, 0.1) is 0 Å². The summed E-state index contributed by atoms with van der Waals surface area (Å²) in [6, 6.07) is 5.15. The molecule has 0 bridgehead atoms. The number of hydrogen-bond donors (Lipinski definition) is 2. The van der Waals surface area contributed by atoms with Crippen LogP contribution in [-0.4, -0.2) is 47.0 Å². The number of hydrogen-bond acceptors (Lipinski definition) is 4. The number of aryl methyl sites for hydroxylation is 2.